The Morgan fingerprint density at radius 1 is 1.19 bits per heavy atom. The number of carbonyl (C=O) groups is 2. The molecule has 9 heteroatoms. The highest BCUT2D eigenvalue weighted by Crippen LogP contribution is 2.29. The molecule has 32 heavy (non-hydrogen) atoms. The predicted molar refractivity (Wildman–Crippen MR) is 123 cm³/mol. The van der Waals surface area contributed by atoms with Gasteiger partial charge in [0.1, 0.15) is 11.6 Å². The summed E-state index contributed by atoms with van der Waals surface area (Å²) in [5.41, 5.74) is 2.95. The number of hydrogen-bond donors (Lipinski definition) is 2. The Morgan fingerprint density at radius 2 is 2.00 bits per heavy atom. The Bertz CT molecular complexity index is 1300. The Morgan fingerprint density at radius 3 is 2.75 bits per heavy atom. The number of hydrogen-bond acceptors (Lipinski definition) is 5. The molecule has 4 aromatic rings. The highest BCUT2D eigenvalue weighted by Gasteiger charge is 2.14. The van der Waals surface area contributed by atoms with E-state index in [-0.39, 0.29) is 24.1 Å². The van der Waals surface area contributed by atoms with Gasteiger partial charge in [0.25, 0.3) is 0 Å². The summed E-state index contributed by atoms with van der Waals surface area (Å²) in [6.07, 6.45) is 2.50. The predicted octanol–water partition coefficient (Wildman–Crippen LogP) is 4.74. The fraction of sp³-hybridized carbons (Fsp3) is 0.174. The molecule has 2 amide bonds. The van der Waals surface area contributed by atoms with Gasteiger partial charge >= 0.3 is 0 Å². The van der Waals surface area contributed by atoms with Crippen LogP contribution in [-0.4, -0.2) is 28.3 Å². The monoisotopic (exact) mass is 452 g/mol. The number of fused-ring (bicyclic) bond motifs is 1. The number of nitrogens with zero attached hydrogens (tertiary/aromatic N) is 2. The van der Waals surface area contributed by atoms with Crippen LogP contribution < -0.4 is 15.4 Å². The topological polar surface area (TPSA) is 84.7 Å². The Hall–Kier alpha value is -3.72. The van der Waals surface area contributed by atoms with E-state index in [0.717, 1.165) is 10.7 Å². The van der Waals surface area contributed by atoms with E-state index in [4.69, 9.17) is 4.74 Å². The van der Waals surface area contributed by atoms with E-state index < -0.39 is 0 Å². The van der Waals surface area contributed by atoms with Crippen LogP contribution in [0.1, 0.15) is 19.0 Å². The molecule has 0 aliphatic rings. The van der Waals surface area contributed by atoms with Crippen LogP contribution in [0.5, 0.6) is 5.75 Å². The maximum absolute atomic E-state index is 14.1. The molecule has 0 unspecified atom stereocenters. The van der Waals surface area contributed by atoms with Crippen molar-refractivity contribution in [1.29, 1.82) is 0 Å². The molecule has 0 fully saturated rings. The van der Waals surface area contributed by atoms with Gasteiger partial charge in [0.15, 0.2) is 4.96 Å². The number of ether oxygens (including phenoxy) is 1. The van der Waals surface area contributed by atoms with Crippen LogP contribution in [0, 0.1) is 5.82 Å². The van der Waals surface area contributed by atoms with Crippen LogP contribution in [0.15, 0.2) is 54.0 Å². The lowest BCUT2D eigenvalue weighted by atomic mass is 10.1. The molecule has 7 nitrogen and oxygen atoms in total. The summed E-state index contributed by atoms with van der Waals surface area (Å²) < 4.78 is 21.3. The first kappa shape index (κ1) is 21.5. The van der Waals surface area contributed by atoms with Gasteiger partial charge in [-0.25, -0.2) is 9.37 Å². The normalized spacial score (nSPS) is 10.8. The Kier molecular flexibility index (Phi) is 6.18. The van der Waals surface area contributed by atoms with Gasteiger partial charge in [-0.1, -0.05) is 12.1 Å². The van der Waals surface area contributed by atoms with Crippen LogP contribution in [0.3, 0.4) is 0 Å². The molecule has 0 aliphatic heterocycles. The molecule has 0 bridgehead atoms. The number of aromatic nitrogens is 2. The molecule has 0 aliphatic carbocycles. The minimum Gasteiger partial charge on any atom is -0.495 e. The lowest BCUT2D eigenvalue weighted by Gasteiger charge is -2.12. The zero-order valence-electron chi connectivity index (χ0n) is 17.5. The van der Waals surface area contributed by atoms with Crippen LogP contribution in [0.25, 0.3) is 16.2 Å². The summed E-state index contributed by atoms with van der Waals surface area (Å²) in [5, 5.41) is 7.46. The van der Waals surface area contributed by atoms with Crippen LogP contribution in [0.2, 0.25) is 0 Å². The van der Waals surface area contributed by atoms with Crippen LogP contribution >= 0.6 is 11.3 Å². The molecule has 0 spiro atoms. The van der Waals surface area contributed by atoms with Gasteiger partial charge in [-0.3, -0.25) is 14.0 Å². The molecule has 2 aromatic carbocycles. The summed E-state index contributed by atoms with van der Waals surface area (Å²) in [6, 6.07) is 11.5. The molecular weight excluding hydrogens is 431 g/mol. The number of imidazole rings is 1. The molecule has 4 rings (SSSR count). The summed E-state index contributed by atoms with van der Waals surface area (Å²) in [7, 11) is 1.51. The third-order valence-corrected chi connectivity index (χ3v) is 5.72. The van der Waals surface area contributed by atoms with E-state index in [2.05, 4.69) is 15.6 Å². The fourth-order valence-electron chi connectivity index (χ4n) is 3.35. The standard InChI is InChI=1S/C23H21FN4O3S/c1-14(29)25-15-7-9-21(31-2)19(11-15)26-22(30)10-8-16-13-32-23-27-20(12-28(16)23)17-5-3-4-6-18(17)24/h3-7,9,11-13H,8,10H2,1-2H3,(H,25,29)(H,26,30). The van der Waals surface area contributed by atoms with Gasteiger partial charge in [0.05, 0.1) is 18.5 Å². The van der Waals surface area contributed by atoms with E-state index >= 15 is 0 Å². The Balaban J connectivity index is 1.47. The number of aryl methyl sites for hydroxylation is 1. The molecule has 0 atom stereocenters. The van der Waals surface area contributed by atoms with Gasteiger partial charge < -0.3 is 15.4 Å². The highest BCUT2D eigenvalue weighted by atomic mass is 32.1. The highest BCUT2D eigenvalue weighted by molar-refractivity contribution is 7.15. The summed E-state index contributed by atoms with van der Waals surface area (Å²) in [5.74, 6) is -0.231. The molecule has 0 saturated heterocycles. The molecule has 2 N–H and O–H groups in total. The van der Waals surface area contributed by atoms with Crippen molar-refractivity contribution < 1.29 is 18.7 Å². The van der Waals surface area contributed by atoms with Gasteiger partial charge in [-0.2, -0.15) is 0 Å². The summed E-state index contributed by atoms with van der Waals surface area (Å²) in [4.78, 5) is 29.1. The van der Waals surface area contributed by atoms with Crippen molar-refractivity contribution in [3.63, 3.8) is 0 Å². The smallest absolute Gasteiger partial charge is 0.224 e. The van der Waals surface area contributed by atoms with E-state index in [1.54, 1.807) is 42.6 Å². The Labute approximate surface area is 187 Å². The average Bonchev–Trinajstić information content (AvgIpc) is 3.33. The minimum atomic E-state index is -0.324. The van der Waals surface area contributed by atoms with Crippen LogP contribution in [-0.2, 0) is 16.0 Å². The lowest BCUT2D eigenvalue weighted by Crippen LogP contribution is -2.14. The maximum Gasteiger partial charge on any atom is 0.224 e. The molecular formula is C23H21FN4O3S. The summed E-state index contributed by atoms with van der Waals surface area (Å²) >= 11 is 1.44. The lowest BCUT2D eigenvalue weighted by molar-refractivity contribution is -0.116. The average molecular weight is 453 g/mol. The maximum atomic E-state index is 14.1. The minimum absolute atomic E-state index is 0.197. The fourth-order valence-corrected chi connectivity index (χ4v) is 4.26. The van der Waals surface area contributed by atoms with Gasteiger partial charge in [-0.05, 0) is 36.8 Å². The number of halogens is 1. The zero-order chi connectivity index (χ0) is 22.7. The number of rotatable bonds is 7. The molecule has 0 radical (unpaired) electrons. The SMILES string of the molecule is COc1ccc(NC(C)=O)cc1NC(=O)CCc1csc2nc(-c3ccccc3F)cn12. The van der Waals surface area contributed by atoms with Crippen molar-refractivity contribution in [3.8, 4) is 17.0 Å². The number of anilines is 2. The first-order chi connectivity index (χ1) is 15.4. The number of amides is 2. The first-order valence-corrected chi connectivity index (χ1v) is 10.8. The van der Waals surface area contributed by atoms with Crippen molar-refractivity contribution in [2.24, 2.45) is 0 Å². The zero-order valence-corrected chi connectivity index (χ0v) is 18.3. The third-order valence-electron chi connectivity index (χ3n) is 4.84. The molecule has 2 heterocycles. The number of methoxy groups -OCH3 is 1. The van der Waals surface area contributed by atoms with Gasteiger partial charge in [-0.15, -0.1) is 11.3 Å². The van der Waals surface area contributed by atoms with E-state index in [9.17, 15) is 14.0 Å². The quantitative estimate of drug-likeness (QED) is 0.424. The van der Waals surface area contributed by atoms with E-state index in [0.29, 0.717) is 34.8 Å². The van der Waals surface area contributed by atoms with Crippen LogP contribution in [0.4, 0.5) is 15.8 Å². The van der Waals surface area contributed by atoms with Gasteiger partial charge in [0, 0.05) is 41.9 Å². The number of nitrogens with one attached hydrogen (secondary N) is 2. The van der Waals surface area contributed by atoms with Gasteiger partial charge in [0.2, 0.25) is 11.8 Å². The van der Waals surface area contributed by atoms with E-state index in [1.807, 2.05) is 9.78 Å². The van der Waals surface area contributed by atoms with E-state index in [1.165, 1.54) is 31.4 Å². The van der Waals surface area contributed by atoms with Crippen molar-refractivity contribution in [1.82, 2.24) is 9.38 Å². The third kappa shape index (κ3) is 4.62. The van der Waals surface area contributed by atoms with Crippen molar-refractivity contribution >= 4 is 39.5 Å². The van der Waals surface area contributed by atoms with Crippen molar-refractivity contribution in [2.45, 2.75) is 19.8 Å². The second kappa shape index (κ2) is 9.19. The van der Waals surface area contributed by atoms with Crippen molar-refractivity contribution in [2.75, 3.05) is 17.7 Å². The second-order valence-electron chi connectivity index (χ2n) is 7.13. The number of carbonyl (C=O) groups excluding carboxylic acids is 2. The van der Waals surface area contributed by atoms with Crippen molar-refractivity contribution in [3.05, 3.63) is 65.6 Å². The first-order valence-electron chi connectivity index (χ1n) is 9.90. The molecule has 2 aromatic heterocycles. The molecule has 164 valence electrons. The second-order valence-corrected chi connectivity index (χ2v) is 7.97. The molecule has 0 saturated carbocycles. The number of thiazole rings is 1. The largest absolute Gasteiger partial charge is 0.495 e. The summed E-state index contributed by atoms with van der Waals surface area (Å²) in [6.45, 7) is 1.41. The number of benzene rings is 2.